The zero-order chi connectivity index (χ0) is 14.7. The minimum Gasteiger partial charge on any atom is -0.469 e. The number of hydrogen-bond donors (Lipinski definition) is 1. The highest BCUT2D eigenvalue weighted by atomic mass is 19.1. The monoisotopic (exact) mass is 287 g/mol. The van der Waals surface area contributed by atoms with E-state index >= 15 is 0 Å². The molecule has 2 heterocycles. The molecule has 3 rings (SSSR count). The van der Waals surface area contributed by atoms with E-state index in [0.717, 1.165) is 36.3 Å². The normalized spacial score (nSPS) is 12.9. The Labute approximate surface area is 122 Å². The lowest BCUT2D eigenvalue weighted by atomic mass is 10.1. The molecule has 0 amide bonds. The zero-order valence-electron chi connectivity index (χ0n) is 11.9. The fourth-order valence-corrected chi connectivity index (χ4v) is 2.54. The van der Waals surface area contributed by atoms with Gasteiger partial charge in [-0.3, -0.25) is 0 Å². The molecule has 3 aromatic rings. The molecule has 0 bridgehead atoms. The summed E-state index contributed by atoms with van der Waals surface area (Å²) in [5.41, 5.74) is 0.715. The van der Waals surface area contributed by atoms with Gasteiger partial charge >= 0.3 is 0 Å². The maximum atomic E-state index is 13.3. The van der Waals surface area contributed by atoms with E-state index in [0.29, 0.717) is 5.58 Å². The van der Waals surface area contributed by atoms with Gasteiger partial charge in [-0.2, -0.15) is 0 Å². The van der Waals surface area contributed by atoms with Gasteiger partial charge in [-0.15, -0.1) is 0 Å². The van der Waals surface area contributed by atoms with Crippen LogP contribution in [0.15, 0.2) is 51.5 Å². The van der Waals surface area contributed by atoms with Gasteiger partial charge in [-0.1, -0.05) is 6.92 Å². The summed E-state index contributed by atoms with van der Waals surface area (Å²) in [5.74, 6) is 1.55. The molecule has 1 N–H and O–H groups in total. The summed E-state index contributed by atoms with van der Waals surface area (Å²) in [5, 5.41) is 4.20. The Kier molecular flexibility index (Phi) is 4.06. The molecular weight excluding hydrogens is 269 g/mol. The maximum absolute atomic E-state index is 13.3. The van der Waals surface area contributed by atoms with Crippen molar-refractivity contribution in [2.75, 3.05) is 6.54 Å². The van der Waals surface area contributed by atoms with Crippen molar-refractivity contribution in [3.63, 3.8) is 0 Å². The molecule has 110 valence electrons. The van der Waals surface area contributed by atoms with Gasteiger partial charge in [0.25, 0.3) is 0 Å². The summed E-state index contributed by atoms with van der Waals surface area (Å²) < 4.78 is 24.5. The summed E-state index contributed by atoms with van der Waals surface area (Å²) in [4.78, 5) is 0. The van der Waals surface area contributed by atoms with E-state index in [1.807, 2.05) is 18.2 Å². The number of fused-ring (bicyclic) bond motifs is 1. The van der Waals surface area contributed by atoms with Crippen molar-refractivity contribution in [2.24, 2.45) is 0 Å². The van der Waals surface area contributed by atoms with E-state index < -0.39 is 0 Å². The van der Waals surface area contributed by atoms with Crippen LogP contribution in [0.5, 0.6) is 0 Å². The van der Waals surface area contributed by atoms with E-state index in [-0.39, 0.29) is 11.9 Å². The third-order valence-electron chi connectivity index (χ3n) is 3.55. The highest BCUT2D eigenvalue weighted by molar-refractivity contribution is 5.78. The Morgan fingerprint density at radius 3 is 2.90 bits per heavy atom. The molecule has 3 nitrogen and oxygen atoms in total. The van der Waals surface area contributed by atoms with Crippen LogP contribution in [0.1, 0.15) is 30.9 Å². The van der Waals surface area contributed by atoms with Crippen LogP contribution in [-0.4, -0.2) is 6.54 Å². The molecule has 0 aliphatic carbocycles. The smallest absolute Gasteiger partial charge is 0.134 e. The Morgan fingerprint density at radius 1 is 1.24 bits per heavy atom. The lowest BCUT2D eigenvalue weighted by Crippen LogP contribution is -2.20. The van der Waals surface area contributed by atoms with Crippen LogP contribution in [-0.2, 0) is 6.42 Å². The maximum Gasteiger partial charge on any atom is 0.134 e. The van der Waals surface area contributed by atoms with Crippen molar-refractivity contribution in [3.05, 3.63) is 60.0 Å². The summed E-state index contributed by atoms with van der Waals surface area (Å²) in [7, 11) is 0. The van der Waals surface area contributed by atoms with Crippen LogP contribution >= 0.6 is 0 Å². The summed E-state index contributed by atoms with van der Waals surface area (Å²) in [6.07, 6.45) is 3.38. The van der Waals surface area contributed by atoms with Crippen LogP contribution < -0.4 is 5.32 Å². The molecule has 0 saturated carbocycles. The predicted octanol–water partition coefficient (Wildman–Crippen LogP) is 4.45. The van der Waals surface area contributed by atoms with Gasteiger partial charge in [0.05, 0.1) is 12.3 Å². The first-order valence-corrected chi connectivity index (χ1v) is 7.21. The summed E-state index contributed by atoms with van der Waals surface area (Å²) in [6.45, 7) is 2.90. The second-order valence-electron chi connectivity index (χ2n) is 5.06. The van der Waals surface area contributed by atoms with Gasteiger partial charge in [0.15, 0.2) is 0 Å². The van der Waals surface area contributed by atoms with Crippen molar-refractivity contribution in [3.8, 4) is 0 Å². The van der Waals surface area contributed by atoms with Crippen LogP contribution in [0.4, 0.5) is 4.39 Å². The van der Waals surface area contributed by atoms with Gasteiger partial charge in [-0.05, 0) is 49.4 Å². The Balaban J connectivity index is 1.80. The number of benzene rings is 1. The largest absolute Gasteiger partial charge is 0.469 e. The van der Waals surface area contributed by atoms with Crippen molar-refractivity contribution in [1.82, 2.24) is 5.32 Å². The standard InChI is InChI=1S/C17H18FNO2/c1-2-19-15(7-6-14-4-3-9-20-14)17-11-12-10-13(18)5-8-16(12)21-17/h3-5,8-11,15,19H,2,6-7H2,1H3. The topological polar surface area (TPSA) is 38.3 Å². The fourth-order valence-electron chi connectivity index (χ4n) is 2.54. The molecule has 0 aliphatic heterocycles. The fraction of sp³-hybridized carbons (Fsp3) is 0.294. The number of aryl methyl sites for hydroxylation is 1. The zero-order valence-corrected chi connectivity index (χ0v) is 11.9. The molecule has 0 fully saturated rings. The van der Waals surface area contributed by atoms with Crippen LogP contribution in [0, 0.1) is 5.82 Å². The first-order valence-electron chi connectivity index (χ1n) is 7.21. The van der Waals surface area contributed by atoms with E-state index in [4.69, 9.17) is 8.83 Å². The second kappa shape index (κ2) is 6.14. The number of furan rings is 2. The second-order valence-corrected chi connectivity index (χ2v) is 5.06. The molecule has 1 atom stereocenters. The van der Waals surface area contributed by atoms with Crippen LogP contribution in [0.3, 0.4) is 0 Å². The number of halogens is 1. The molecule has 21 heavy (non-hydrogen) atoms. The average molecular weight is 287 g/mol. The van der Waals surface area contributed by atoms with Gasteiger partial charge in [-0.25, -0.2) is 4.39 Å². The molecular formula is C17H18FNO2. The lowest BCUT2D eigenvalue weighted by Gasteiger charge is -2.14. The summed E-state index contributed by atoms with van der Waals surface area (Å²) in [6, 6.07) is 10.4. The number of nitrogens with one attached hydrogen (secondary N) is 1. The number of rotatable bonds is 6. The summed E-state index contributed by atoms with van der Waals surface area (Å²) >= 11 is 0. The Hall–Kier alpha value is -2.07. The molecule has 0 radical (unpaired) electrons. The Morgan fingerprint density at radius 2 is 2.14 bits per heavy atom. The molecule has 1 unspecified atom stereocenters. The molecule has 0 aliphatic rings. The van der Waals surface area contributed by atoms with E-state index in [1.54, 1.807) is 12.3 Å². The average Bonchev–Trinajstić information content (AvgIpc) is 3.11. The van der Waals surface area contributed by atoms with Gasteiger partial charge in [0.1, 0.15) is 22.9 Å². The number of hydrogen-bond acceptors (Lipinski definition) is 3. The molecule has 0 spiro atoms. The van der Waals surface area contributed by atoms with Gasteiger partial charge < -0.3 is 14.2 Å². The molecule has 4 heteroatoms. The first kappa shape index (κ1) is 13.9. The van der Waals surface area contributed by atoms with Gasteiger partial charge in [0.2, 0.25) is 0 Å². The van der Waals surface area contributed by atoms with Crippen molar-refractivity contribution in [2.45, 2.75) is 25.8 Å². The third-order valence-corrected chi connectivity index (χ3v) is 3.55. The Bertz CT molecular complexity index is 703. The van der Waals surface area contributed by atoms with Crippen molar-refractivity contribution in [1.29, 1.82) is 0 Å². The third kappa shape index (κ3) is 3.16. The van der Waals surface area contributed by atoms with E-state index in [9.17, 15) is 4.39 Å². The van der Waals surface area contributed by atoms with E-state index in [2.05, 4.69) is 12.2 Å². The first-order chi connectivity index (χ1) is 10.3. The van der Waals surface area contributed by atoms with Gasteiger partial charge in [0, 0.05) is 11.8 Å². The van der Waals surface area contributed by atoms with Crippen LogP contribution in [0.2, 0.25) is 0 Å². The molecule has 0 saturated heterocycles. The predicted molar refractivity (Wildman–Crippen MR) is 79.6 cm³/mol. The highest BCUT2D eigenvalue weighted by Gasteiger charge is 2.16. The SMILES string of the molecule is CCNC(CCc1ccco1)c1cc2cc(F)ccc2o1. The van der Waals surface area contributed by atoms with Crippen LogP contribution in [0.25, 0.3) is 11.0 Å². The minimum absolute atomic E-state index is 0.0931. The quantitative estimate of drug-likeness (QED) is 0.728. The molecule has 2 aromatic heterocycles. The molecule has 1 aromatic carbocycles. The minimum atomic E-state index is -0.245. The highest BCUT2D eigenvalue weighted by Crippen LogP contribution is 2.27. The van der Waals surface area contributed by atoms with E-state index in [1.165, 1.54) is 12.1 Å². The van der Waals surface area contributed by atoms with Crippen molar-refractivity contribution >= 4 is 11.0 Å². The van der Waals surface area contributed by atoms with Crippen molar-refractivity contribution < 1.29 is 13.2 Å². The lowest BCUT2D eigenvalue weighted by molar-refractivity contribution is 0.401.